The first-order chi connectivity index (χ1) is 11.7. The lowest BCUT2D eigenvalue weighted by Crippen LogP contribution is -2.31. The molecule has 0 aliphatic carbocycles. The topological polar surface area (TPSA) is 64.6 Å². The van der Waals surface area contributed by atoms with Crippen LogP contribution in [0.3, 0.4) is 0 Å². The predicted molar refractivity (Wildman–Crippen MR) is 89.0 cm³/mol. The van der Waals surface area contributed by atoms with Gasteiger partial charge in [0.15, 0.2) is 0 Å². The Labute approximate surface area is 141 Å². The summed E-state index contributed by atoms with van der Waals surface area (Å²) >= 11 is 0. The molecule has 6 heteroatoms. The van der Waals surface area contributed by atoms with Crippen molar-refractivity contribution in [3.05, 3.63) is 48.3 Å². The van der Waals surface area contributed by atoms with Gasteiger partial charge in [0.2, 0.25) is 17.7 Å². The standard InChI is InChI=1S/C18H21N3O3/c1-23-16-11-19-12-17(20-16)24-15-9-10-21(13-15)18(22)8-7-14-5-3-2-4-6-14/h2-6,11-12,15H,7-10,13H2,1H3. The zero-order valence-corrected chi connectivity index (χ0v) is 13.7. The molecule has 2 aromatic rings. The van der Waals surface area contributed by atoms with Crippen molar-refractivity contribution in [2.75, 3.05) is 20.2 Å². The van der Waals surface area contributed by atoms with E-state index in [-0.39, 0.29) is 12.0 Å². The third kappa shape index (κ3) is 4.22. The van der Waals surface area contributed by atoms with Crippen LogP contribution in [-0.2, 0) is 11.2 Å². The molecule has 1 aliphatic rings. The number of benzene rings is 1. The van der Waals surface area contributed by atoms with Crippen LogP contribution in [0.5, 0.6) is 11.8 Å². The van der Waals surface area contributed by atoms with Gasteiger partial charge in [0.1, 0.15) is 6.10 Å². The third-order valence-electron chi connectivity index (χ3n) is 4.05. The number of aromatic nitrogens is 2. The highest BCUT2D eigenvalue weighted by atomic mass is 16.5. The Morgan fingerprint density at radius 1 is 1.25 bits per heavy atom. The number of aryl methyl sites for hydroxylation is 1. The van der Waals surface area contributed by atoms with Gasteiger partial charge in [0.05, 0.1) is 26.0 Å². The molecular weight excluding hydrogens is 306 g/mol. The average Bonchev–Trinajstić information content (AvgIpc) is 3.09. The van der Waals surface area contributed by atoms with Crippen molar-refractivity contribution < 1.29 is 14.3 Å². The van der Waals surface area contributed by atoms with Crippen LogP contribution < -0.4 is 9.47 Å². The van der Waals surface area contributed by atoms with Gasteiger partial charge < -0.3 is 14.4 Å². The fourth-order valence-electron chi connectivity index (χ4n) is 2.76. The van der Waals surface area contributed by atoms with Crippen LogP contribution in [0, 0.1) is 0 Å². The maximum Gasteiger partial charge on any atom is 0.235 e. The molecule has 0 saturated carbocycles. The van der Waals surface area contributed by atoms with Gasteiger partial charge >= 0.3 is 0 Å². The molecule has 1 aromatic heterocycles. The van der Waals surface area contributed by atoms with Crippen molar-refractivity contribution >= 4 is 5.91 Å². The van der Waals surface area contributed by atoms with Gasteiger partial charge in [-0.2, -0.15) is 4.98 Å². The van der Waals surface area contributed by atoms with Gasteiger partial charge in [0.25, 0.3) is 0 Å². The Kier molecular flexibility index (Phi) is 5.25. The fraction of sp³-hybridized carbons (Fsp3) is 0.389. The largest absolute Gasteiger partial charge is 0.480 e. The molecule has 1 saturated heterocycles. The predicted octanol–water partition coefficient (Wildman–Crippen LogP) is 2.10. The van der Waals surface area contributed by atoms with E-state index < -0.39 is 0 Å². The van der Waals surface area contributed by atoms with E-state index in [9.17, 15) is 4.79 Å². The van der Waals surface area contributed by atoms with Gasteiger partial charge in [-0.05, 0) is 12.0 Å². The number of hydrogen-bond acceptors (Lipinski definition) is 5. The summed E-state index contributed by atoms with van der Waals surface area (Å²) in [5.74, 6) is 1.01. The maximum atomic E-state index is 12.3. The summed E-state index contributed by atoms with van der Waals surface area (Å²) in [5, 5.41) is 0. The molecule has 1 aliphatic heterocycles. The summed E-state index contributed by atoms with van der Waals surface area (Å²) in [7, 11) is 1.54. The van der Waals surface area contributed by atoms with Crippen molar-refractivity contribution in [2.45, 2.75) is 25.4 Å². The second-order valence-corrected chi connectivity index (χ2v) is 5.75. The van der Waals surface area contributed by atoms with E-state index in [2.05, 4.69) is 9.97 Å². The Hall–Kier alpha value is -2.63. The van der Waals surface area contributed by atoms with Gasteiger partial charge in [-0.3, -0.25) is 9.78 Å². The average molecular weight is 327 g/mol. The molecule has 6 nitrogen and oxygen atoms in total. The van der Waals surface area contributed by atoms with Gasteiger partial charge in [0, 0.05) is 19.4 Å². The van der Waals surface area contributed by atoms with E-state index in [1.165, 1.54) is 18.9 Å². The first-order valence-electron chi connectivity index (χ1n) is 8.09. The van der Waals surface area contributed by atoms with Crippen molar-refractivity contribution in [3.63, 3.8) is 0 Å². The molecule has 1 unspecified atom stereocenters. The molecule has 0 N–H and O–H groups in total. The SMILES string of the molecule is COc1cncc(OC2CCN(C(=O)CCc3ccccc3)C2)n1. The number of nitrogens with zero attached hydrogens (tertiary/aromatic N) is 3. The highest BCUT2D eigenvalue weighted by Crippen LogP contribution is 2.19. The van der Waals surface area contributed by atoms with Crippen LogP contribution in [0.15, 0.2) is 42.7 Å². The zero-order chi connectivity index (χ0) is 16.8. The van der Waals surface area contributed by atoms with Crippen molar-refractivity contribution in [1.82, 2.24) is 14.9 Å². The molecule has 2 heterocycles. The molecule has 1 atom stereocenters. The number of hydrogen-bond donors (Lipinski definition) is 0. The van der Waals surface area contributed by atoms with Crippen LogP contribution in [-0.4, -0.2) is 47.1 Å². The monoisotopic (exact) mass is 327 g/mol. The van der Waals surface area contributed by atoms with Gasteiger partial charge in [-0.1, -0.05) is 30.3 Å². The zero-order valence-electron chi connectivity index (χ0n) is 13.7. The van der Waals surface area contributed by atoms with Crippen molar-refractivity contribution in [2.24, 2.45) is 0 Å². The maximum absolute atomic E-state index is 12.3. The first-order valence-corrected chi connectivity index (χ1v) is 8.09. The smallest absolute Gasteiger partial charge is 0.235 e. The van der Waals surface area contributed by atoms with E-state index in [0.29, 0.717) is 24.7 Å². The summed E-state index contributed by atoms with van der Waals surface area (Å²) < 4.78 is 10.8. The molecule has 3 rings (SSSR count). The van der Waals surface area contributed by atoms with Crippen molar-refractivity contribution in [3.8, 4) is 11.8 Å². The van der Waals surface area contributed by atoms with Gasteiger partial charge in [-0.15, -0.1) is 0 Å². The number of likely N-dealkylation sites (tertiary alicyclic amines) is 1. The molecule has 24 heavy (non-hydrogen) atoms. The van der Waals surface area contributed by atoms with Crippen LogP contribution in [0.4, 0.5) is 0 Å². The van der Waals surface area contributed by atoms with Crippen LogP contribution >= 0.6 is 0 Å². The number of ether oxygens (including phenoxy) is 2. The summed E-state index contributed by atoms with van der Waals surface area (Å²) in [6.45, 7) is 1.31. The normalized spacial score (nSPS) is 16.9. The second kappa shape index (κ2) is 7.77. The lowest BCUT2D eigenvalue weighted by molar-refractivity contribution is -0.130. The van der Waals surface area contributed by atoms with Crippen LogP contribution in [0.25, 0.3) is 0 Å². The minimum absolute atomic E-state index is 0.0490. The van der Waals surface area contributed by atoms with Crippen molar-refractivity contribution in [1.29, 1.82) is 0 Å². The number of amides is 1. The highest BCUT2D eigenvalue weighted by Gasteiger charge is 2.27. The Balaban J connectivity index is 1.48. The number of carbonyl (C=O) groups is 1. The molecule has 0 radical (unpaired) electrons. The molecule has 1 aromatic carbocycles. The molecule has 0 spiro atoms. The van der Waals surface area contributed by atoms with E-state index in [0.717, 1.165) is 19.4 Å². The number of carbonyl (C=O) groups excluding carboxylic acids is 1. The summed E-state index contributed by atoms with van der Waals surface area (Å²) in [6.07, 6.45) is 5.13. The molecule has 0 bridgehead atoms. The molecular formula is C18H21N3O3. The number of methoxy groups -OCH3 is 1. The fourth-order valence-corrected chi connectivity index (χ4v) is 2.76. The van der Waals surface area contributed by atoms with Crippen LogP contribution in [0.1, 0.15) is 18.4 Å². The molecule has 126 valence electrons. The minimum Gasteiger partial charge on any atom is -0.480 e. The number of rotatable bonds is 6. The van der Waals surface area contributed by atoms with Gasteiger partial charge in [-0.25, -0.2) is 0 Å². The van der Waals surface area contributed by atoms with E-state index in [1.807, 2.05) is 35.2 Å². The minimum atomic E-state index is -0.0490. The third-order valence-corrected chi connectivity index (χ3v) is 4.05. The first kappa shape index (κ1) is 16.2. The second-order valence-electron chi connectivity index (χ2n) is 5.75. The Morgan fingerprint density at radius 2 is 2.04 bits per heavy atom. The quantitative estimate of drug-likeness (QED) is 0.813. The van der Waals surface area contributed by atoms with E-state index in [1.54, 1.807) is 6.20 Å². The Bertz CT molecular complexity index is 678. The summed E-state index contributed by atoms with van der Waals surface area (Å²) in [6, 6.07) is 10.1. The molecule has 1 fully saturated rings. The molecule has 1 amide bonds. The Morgan fingerprint density at radius 3 is 2.83 bits per heavy atom. The summed E-state index contributed by atoms with van der Waals surface area (Å²) in [5.41, 5.74) is 1.18. The highest BCUT2D eigenvalue weighted by molar-refractivity contribution is 5.76. The van der Waals surface area contributed by atoms with E-state index >= 15 is 0 Å². The van der Waals surface area contributed by atoms with E-state index in [4.69, 9.17) is 9.47 Å². The van der Waals surface area contributed by atoms with Crippen LogP contribution in [0.2, 0.25) is 0 Å². The summed E-state index contributed by atoms with van der Waals surface area (Å²) in [4.78, 5) is 22.4. The lowest BCUT2D eigenvalue weighted by atomic mass is 10.1. The lowest BCUT2D eigenvalue weighted by Gasteiger charge is -2.17.